The van der Waals surface area contributed by atoms with Crippen molar-refractivity contribution in [3.8, 4) is 5.75 Å². The van der Waals surface area contributed by atoms with Crippen LogP contribution >= 0.6 is 0 Å². The first kappa shape index (κ1) is 10.5. The van der Waals surface area contributed by atoms with E-state index in [1.165, 1.54) is 6.26 Å². The van der Waals surface area contributed by atoms with Crippen molar-refractivity contribution in [1.29, 1.82) is 0 Å². The number of carbonyl (C=O) groups is 1. The van der Waals surface area contributed by atoms with Crippen LogP contribution in [0.5, 0.6) is 5.75 Å². The molecule has 0 aliphatic carbocycles. The van der Waals surface area contributed by atoms with Crippen LogP contribution in [0.25, 0.3) is 0 Å². The monoisotopic (exact) mass is 217 g/mol. The van der Waals surface area contributed by atoms with E-state index in [0.717, 1.165) is 23.2 Å². The second-order valence-electron chi connectivity index (χ2n) is 3.73. The van der Waals surface area contributed by atoms with Crippen LogP contribution in [0.2, 0.25) is 0 Å². The summed E-state index contributed by atoms with van der Waals surface area (Å²) in [5.41, 5.74) is 5.42. The van der Waals surface area contributed by atoms with Crippen LogP contribution in [0.1, 0.15) is 19.0 Å². The standard InChI is InChI=1S/C13H13NO2.H2/c1-3-8-16-13-9(2)4-5-10-6-7-11(15)14-12(10)13;/h4-5,8H,1,6-7H2,2H3,(H,14,15);1H. The molecule has 0 unspecified atom stereocenters. The highest BCUT2D eigenvalue weighted by molar-refractivity contribution is 5.96. The van der Waals surface area contributed by atoms with Crippen LogP contribution in [0, 0.1) is 6.92 Å². The molecule has 0 bridgehead atoms. The molecule has 0 aromatic heterocycles. The number of anilines is 1. The van der Waals surface area contributed by atoms with Gasteiger partial charge in [0, 0.05) is 7.85 Å². The first-order valence-corrected chi connectivity index (χ1v) is 5.15. The van der Waals surface area contributed by atoms with Gasteiger partial charge in [0.2, 0.25) is 5.91 Å². The normalized spacial score (nSPS) is 13.4. The molecule has 0 saturated heterocycles. The average Bonchev–Trinajstić information content (AvgIpc) is 2.28. The van der Waals surface area contributed by atoms with Gasteiger partial charge in [0.25, 0.3) is 0 Å². The van der Waals surface area contributed by atoms with Crippen molar-refractivity contribution in [2.24, 2.45) is 0 Å². The fourth-order valence-corrected chi connectivity index (χ4v) is 1.78. The summed E-state index contributed by atoms with van der Waals surface area (Å²) in [6, 6.07) is 4.01. The maximum absolute atomic E-state index is 11.4. The smallest absolute Gasteiger partial charge is 0.224 e. The summed E-state index contributed by atoms with van der Waals surface area (Å²) in [7, 11) is 0. The zero-order valence-corrected chi connectivity index (χ0v) is 9.17. The van der Waals surface area contributed by atoms with Gasteiger partial charge in [-0.2, -0.15) is 0 Å². The molecule has 1 heterocycles. The van der Waals surface area contributed by atoms with Crippen LogP contribution < -0.4 is 10.1 Å². The minimum absolute atomic E-state index is 0. The van der Waals surface area contributed by atoms with Crippen molar-refractivity contribution in [2.75, 3.05) is 5.32 Å². The van der Waals surface area contributed by atoms with E-state index in [4.69, 9.17) is 4.74 Å². The third-order valence-corrected chi connectivity index (χ3v) is 2.59. The van der Waals surface area contributed by atoms with Gasteiger partial charge >= 0.3 is 0 Å². The van der Waals surface area contributed by atoms with Crippen LogP contribution in [0.15, 0.2) is 30.7 Å². The highest BCUT2D eigenvalue weighted by Gasteiger charge is 2.19. The van der Waals surface area contributed by atoms with E-state index in [9.17, 15) is 4.79 Å². The molecule has 1 aromatic carbocycles. The highest BCUT2D eigenvalue weighted by atomic mass is 16.5. The summed E-state index contributed by atoms with van der Waals surface area (Å²) in [6.45, 7) is 5.38. The number of aryl methyl sites for hydroxylation is 2. The molecule has 1 aliphatic rings. The number of rotatable bonds is 2. The molecular weight excluding hydrogens is 202 g/mol. The number of carbonyl (C=O) groups excluding carboxylic acids is 1. The van der Waals surface area contributed by atoms with Crippen LogP contribution in [0.4, 0.5) is 5.69 Å². The number of nitrogens with one attached hydrogen (secondary N) is 1. The Bertz CT molecular complexity index is 490. The summed E-state index contributed by atoms with van der Waals surface area (Å²) in [6.07, 6.45) is 2.69. The molecule has 1 aliphatic heterocycles. The summed E-state index contributed by atoms with van der Waals surface area (Å²) >= 11 is 0. The maximum atomic E-state index is 11.4. The second kappa shape index (κ2) is 4.25. The Morgan fingerprint density at radius 3 is 3.12 bits per heavy atom. The summed E-state index contributed by atoms with van der Waals surface area (Å²) in [5, 5.41) is 2.85. The van der Waals surface area contributed by atoms with E-state index in [0.29, 0.717) is 12.2 Å². The van der Waals surface area contributed by atoms with Gasteiger partial charge < -0.3 is 10.1 Å². The third kappa shape index (κ3) is 1.86. The first-order chi connectivity index (χ1) is 7.72. The maximum Gasteiger partial charge on any atom is 0.224 e. The predicted octanol–water partition coefficient (Wildman–Crippen LogP) is 2.80. The fraction of sp³-hybridized carbons (Fsp3) is 0.231. The molecule has 0 spiro atoms. The van der Waals surface area contributed by atoms with Crippen LogP contribution in [-0.4, -0.2) is 5.91 Å². The van der Waals surface area contributed by atoms with Crippen LogP contribution in [-0.2, 0) is 11.2 Å². The lowest BCUT2D eigenvalue weighted by Crippen LogP contribution is -2.19. The SMILES string of the molecule is C=C=COc1c(C)ccc2c1NC(=O)CC2.[HH]. The zero-order valence-electron chi connectivity index (χ0n) is 9.17. The molecule has 0 fully saturated rings. The van der Waals surface area contributed by atoms with E-state index in [1.807, 2.05) is 19.1 Å². The van der Waals surface area contributed by atoms with Gasteiger partial charge in [-0.05, 0) is 24.5 Å². The molecule has 0 saturated carbocycles. The van der Waals surface area contributed by atoms with Crippen molar-refractivity contribution < 1.29 is 11.0 Å². The van der Waals surface area contributed by atoms with Crippen molar-refractivity contribution in [2.45, 2.75) is 19.8 Å². The van der Waals surface area contributed by atoms with Crippen LogP contribution in [0.3, 0.4) is 0 Å². The van der Waals surface area contributed by atoms with E-state index in [2.05, 4.69) is 17.6 Å². The lowest BCUT2D eigenvalue weighted by molar-refractivity contribution is -0.116. The molecule has 1 aromatic rings. The number of hydrogen-bond acceptors (Lipinski definition) is 2. The van der Waals surface area contributed by atoms with Gasteiger partial charge in [0.05, 0.1) is 5.69 Å². The second-order valence-corrected chi connectivity index (χ2v) is 3.73. The predicted molar refractivity (Wildman–Crippen MR) is 64.6 cm³/mol. The van der Waals surface area contributed by atoms with E-state index in [1.54, 1.807) is 0 Å². The van der Waals surface area contributed by atoms with Crippen molar-refractivity contribution >= 4 is 11.6 Å². The Balaban J connectivity index is 0.00000144. The molecular formula is C13H15NO2. The molecule has 16 heavy (non-hydrogen) atoms. The number of hydrogen-bond donors (Lipinski definition) is 1. The minimum atomic E-state index is 0. The van der Waals surface area contributed by atoms with Gasteiger partial charge in [-0.3, -0.25) is 4.79 Å². The third-order valence-electron chi connectivity index (χ3n) is 2.59. The molecule has 1 N–H and O–H groups in total. The lowest BCUT2D eigenvalue weighted by atomic mass is 10.00. The number of ether oxygens (including phenoxy) is 1. The van der Waals surface area contributed by atoms with Crippen molar-refractivity contribution in [3.05, 3.63) is 41.8 Å². The number of fused-ring (bicyclic) bond motifs is 1. The zero-order chi connectivity index (χ0) is 11.5. The molecule has 2 rings (SSSR count). The molecule has 3 heteroatoms. The van der Waals surface area contributed by atoms with Gasteiger partial charge in [-0.1, -0.05) is 24.4 Å². The summed E-state index contributed by atoms with van der Waals surface area (Å²) < 4.78 is 5.42. The Kier molecular flexibility index (Phi) is 2.80. The lowest BCUT2D eigenvalue weighted by Gasteiger charge is -2.20. The van der Waals surface area contributed by atoms with E-state index >= 15 is 0 Å². The Morgan fingerprint density at radius 1 is 1.56 bits per heavy atom. The van der Waals surface area contributed by atoms with Gasteiger partial charge in [-0.25, -0.2) is 0 Å². The number of amides is 1. The Morgan fingerprint density at radius 2 is 2.38 bits per heavy atom. The molecule has 0 radical (unpaired) electrons. The molecule has 3 nitrogen and oxygen atoms in total. The Labute approximate surface area is 95.9 Å². The molecule has 0 atom stereocenters. The first-order valence-electron chi connectivity index (χ1n) is 5.15. The minimum Gasteiger partial charge on any atom is -0.454 e. The van der Waals surface area contributed by atoms with Crippen molar-refractivity contribution in [1.82, 2.24) is 0 Å². The van der Waals surface area contributed by atoms with Gasteiger partial charge in [-0.15, -0.1) is 0 Å². The fourth-order valence-electron chi connectivity index (χ4n) is 1.78. The van der Waals surface area contributed by atoms with E-state index < -0.39 is 0 Å². The van der Waals surface area contributed by atoms with Gasteiger partial charge in [0.15, 0.2) is 5.75 Å². The topological polar surface area (TPSA) is 38.3 Å². The summed E-state index contributed by atoms with van der Waals surface area (Å²) in [5.74, 6) is 0.715. The highest BCUT2D eigenvalue weighted by Crippen LogP contribution is 2.35. The average molecular weight is 217 g/mol. The van der Waals surface area contributed by atoms with Crippen molar-refractivity contribution in [3.63, 3.8) is 0 Å². The quantitative estimate of drug-likeness (QED) is 0.611. The Hall–Kier alpha value is -1.99. The molecule has 84 valence electrons. The number of benzene rings is 1. The largest absolute Gasteiger partial charge is 0.454 e. The summed E-state index contributed by atoms with van der Waals surface area (Å²) in [4.78, 5) is 11.4. The van der Waals surface area contributed by atoms with Gasteiger partial charge in [0.1, 0.15) is 6.26 Å². The van der Waals surface area contributed by atoms with E-state index in [-0.39, 0.29) is 7.33 Å². The molecule has 1 amide bonds.